The summed E-state index contributed by atoms with van der Waals surface area (Å²) in [6.45, 7) is 0.103. The van der Waals surface area contributed by atoms with Gasteiger partial charge in [-0.05, 0) is 48.4 Å². The molecule has 0 radical (unpaired) electrons. The van der Waals surface area contributed by atoms with Crippen LogP contribution in [-0.4, -0.2) is 61.8 Å². The van der Waals surface area contributed by atoms with E-state index in [4.69, 9.17) is 9.47 Å². The maximum absolute atomic E-state index is 13.0. The van der Waals surface area contributed by atoms with Crippen molar-refractivity contribution in [1.29, 1.82) is 0 Å². The van der Waals surface area contributed by atoms with E-state index in [-0.39, 0.29) is 23.8 Å². The Hall–Kier alpha value is -5.41. The number of carboxylic acid groups (broad SMARTS) is 1. The molecule has 15 heteroatoms. The van der Waals surface area contributed by atoms with Crippen molar-refractivity contribution in [2.24, 2.45) is 0 Å². The van der Waals surface area contributed by atoms with Crippen LogP contribution in [0.15, 0.2) is 101 Å². The fourth-order valence-corrected chi connectivity index (χ4v) is 5.19. The Bertz CT molecular complexity index is 1800. The lowest BCUT2D eigenvalue weighted by Gasteiger charge is -2.16. The molecular weight excluding hydrogens is 606 g/mol. The molecule has 14 nitrogen and oxygen atoms in total. The number of nitrogens with zero attached hydrogens (tertiary/aromatic N) is 1. The van der Waals surface area contributed by atoms with E-state index < -0.39 is 46.3 Å². The lowest BCUT2D eigenvalue weighted by Crippen LogP contribution is -2.49. The van der Waals surface area contributed by atoms with E-state index in [1.54, 1.807) is 24.3 Å². The molecule has 1 atom stereocenters. The number of carbonyl (C=O) groups is 3. The van der Waals surface area contributed by atoms with Crippen LogP contribution >= 0.6 is 0 Å². The first-order valence-corrected chi connectivity index (χ1v) is 15.2. The summed E-state index contributed by atoms with van der Waals surface area (Å²) in [6.07, 6.45) is 1.36. The Morgan fingerprint density at radius 3 is 2.29 bits per heavy atom. The predicted octanol–water partition coefficient (Wildman–Crippen LogP) is 2.55. The fourth-order valence-electron chi connectivity index (χ4n) is 3.98. The van der Waals surface area contributed by atoms with Gasteiger partial charge in [-0.1, -0.05) is 48.5 Å². The lowest BCUT2D eigenvalue weighted by molar-refractivity contribution is -0.138. The molecule has 236 valence electrons. The molecule has 0 spiro atoms. The van der Waals surface area contributed by atoms with Crippen molar-refractivity contribution in [3.8, 4) is 5.75 Å². The van der Waals surface area contributed by atoms with Crippen molar-refractivity contribution >= 4 is 39.3 Å². The van der Waals surface area contributed by atoms with Gasteiger partial charge in [-0.2, -0.15) is 4.72 Å². The molecule has 45 heavy (non-hydrogen) atoms. The highest BCUT2D eigenvalue weighted by atomic mass is 32.2. The van der Waals surface area contributed by atoms with Gasteiger partial charge < -0.3 is 30.5 Å². The first-order chi connectivity index (χ1) is 21.6. The zero-order chi connectivity index (χ0) is 32.2. The van der Waals surface area contributed by atoms with Gasteiger partial charge in [0.2, 0.25) is 10.0 Å². The van der Waals surface area contributed by atoms with Gasteiger partial charge in [0.25, 0.3) is 5.56 Å². The summed E-state index contributed by atoms with van der Waals surface area (Å²) in [5.74, 6) is -1.14. The highest BCUT2D eigenvalue weighted by Gasteiger charge is 2.26. The first kappa shape index (κ1) is 32.5. The van der Waals surface area contributed by atoms with Gasteiger partial charge in [-0.15, -0.1) is 0 Å². The standard InChI is InChI=1S/C30H31N5O9S/c36-27-25(33-29(39)32-18-26(28(37)38)34-45(41,42)24-10-5-2-6-11-24)15-13-22-12-14-23(19-35(22)27)43-17-7-16-31-30(40)44-20-21-8-3-1-4-9-21/h1-6,8-15,19,26,34H,7,16-18,20H2,(H,31,40)(H,37,38)(H2,32,33,39). The zero-order valence-electron chi connectivity index (χ0n) is 23.8. The van der Waals surface area contributed by atoms with Crippen LogP contribution in [0.3, 0.4) is 0 Å². The second-order valence-electron chi connectivity index (χ2n) is 9.56. The maximum atomic E-state index is 13.0. The molecule has 0 saturated heterocycles. The second kappa shape index (κ2) is 15.4. The van der Waals surface area contributed by atoms with Crippen LogP contribution in [0.25, 0.3) is 5.52 Å². The topological polar surface area (TPSA) is 194 Å². The monoisotopic (exact) mass is 637 g/mol. The number of urea groups is 1. The van der Waals surface area contributed by atoms with Crippen molar-refractivity contribution in [1.82, 2.24) is 19.8 Å². The minimum Gasteiger partial charge on any atom is -0.492 e. The van der Waals surface area contributed by atoms with Crippen LogP contribution in [0.1, 0.15) is 12.0 Å². The number of amides is 3. The summed E-state index contributed by atoms with van der Waals surface area (Å²) >= 11 is 0. The second-order valence-corrected chi connectivity index (χ2v) is 11.3. The maximum Gasteiger partial charge on any atom is 0.407 e. The van der Waals surface area contributed by atoms with E-state index in [9.17, 15) is 32.7 Å². The fraction of sp³-hybridized carbons (Fsp3) is 0.200. The Kier molecular flexibility index (Phi) is 11.1. The number of pyridine rings is 2. The van der Waals surface area contributed by atoms with Crippen LogP contribution in [0.5, 0.6) is 5.75 Å². The van der Waals surface area contributed by atoms with Crippen LogP contribution in [0, 0.1) is 0 Å². The molecule has 4 rings (SSSR count). The Labute approximate surface area is 258 Å². The minimum absolute atomic E-state index is 0.114. The Morgan fingerprint density at radius 1 is 0.889 bits per heavy atom. The number of carboxylic acids is 1. The summed E-state index contributed by atoms with van der Waals surface area (Å²) in [7, 11) is -4.16. The smallest absolute Gasteiger partial charge is 0.407 e. The molecule has 5 N–H and O–H groups in total. The molecule has 2 heterocycles. The van der Waals surface area contributed by atoms with Crippen molar-refractivity contribution < 1.29 is 37.4 Å². The molecule has 2 aromatic carbocycles. The molecule has 0 aliphatic carbocycles. The summed E-state index contributed by atoms with van der Waals surface area (Å²) in [5, 5.41) is 16.7. The number of aromatic nitrogens is 1. The molecule has 0 saturated carbocycles. The third kappa shape index (κ3) is 9.54. The quantitative estimate of drug-likeness (QED) is 0.129. The number of benzene rings is 2. The average molecular weight is 638 g/mol. The number of fused-ring (bicyclic) bond motifs is 1. The number of sulfonamides is 1. The molecule has 0 aliphatic heterocycles. The third-order valence-electron chi connectivity index (χ3n) is 6.26. The molecule has 4 aromatic rings. The lowest BCUT2D eigenvalue weighted by atomic mass is 10.2. The number of nitrogens with one attached hydrogen (secondary N) is 4. The molecule has 1 unspecified atom stereocenters. The van der Waals surface area contributed by atoms with E-state index >= 15 is 0 Å². The molecule has 0 aliphatic rings. The van der Waals surface area contributed by atoms with Gasteiger partial charge in [-0.25, -0.2) is 18.0 Å². The number of ether oxygens (including phenoxy) is 2. The van der Waals surface area contributed by atoms with Gasteiger partial charge >= 0.3 is 18.1 Å². The predicted molar refractivity (Wildman–Crippen MR) is 164 cm³/mol. The summed E-state index contributed by atoms with van der Waals surface area (Å²) < 4.78 is 39.1. The number of carbonyl (C=O) groups excluding carboxylic acids is 2. The highest BCUT2D eigenvalue weighted by Crippen LogP contribution is 2.14. The van der Waals surface area contributed by atoms with Crippen molar-refractivity contribution in [2.75, 3.05) is 25.0 Å². The van der Waals surface area contributed by atoms with Gasteiger partial charge in [-0.3, -0.25) is 14.0 Å². The Morgan fingerprint density at radius 2 is 1.58 bits per heavy atom. The van der Waals surface area contributed by atoms with Crippen LogP contribution in [-0.2, 0) is 26.2 Å². The Balaban J connectivity index is 1.27. The van der Waals surface area contributed by atoms with Crippen LogP contribution in [0.4, 0.5) is 15.3 Å². The molecule has 0 bridgehead atoms. The number of hydrogen-bond acceptors (Lipinski definition) is 8. The van der Waals surface area contributed by atoms with E-state index in [1.165, 1.54) is 40.9 Å². The van der Waals surface area contributed by atoms with Gasteiger partial charge in [0.15, 0.2) is 0 Å². The number of rotatable bonds is 14. The van der Waals surface area contributed by atoms with Crippen molar-refractivity contribution in [2.45, 2.75) is 24.0 Å². The SMILES string of the molecule is O=C(NCC(NS(=O)(=O)c1ccccc1)C(=O)O)Nc1ccc2ccc(OCCCNC(=O)OCc3ccccc3)cn2c1=O. The van der Waals surface area contributed by atoms with E-state index in [2.05, 4.69) is 16.0 Å². The summed E-state index contributed by atoms with van der Waals surface area (Å²) in [6, 6.07) is 20.2. The van der Waals surface area contributed by atoms with E-state index in [0.29, 0.717) is 24.2 Å². The largest absolute Gasteiger partial charge is 0.492 e. The molecule has 0 fully saturated rings. The number of aliphatic carboxylic acids is 1. The van der Waals surface area contributed by atoms with Gasteiger partial charge in [0.1, 0.15) is 24.1 Å². The van der Waals surface area contributed by atoms with E-state index in [1.807, 2.05) is 35.1 Å². The summed E-state index contributed by atoms with van der Waals surface area (Å²) in [5.41, 5.74) is 0.688. The minimum atomic E-state index is -4.16. The number of hydrogen-bond donors (Lipinski definition) is 5. The first-order valence-electron chi connectivity index (χ1n) is 13.7. The zero-order valence-corrected chi connectivity index (χ0v) is 24.7. The summed E-state index contributed by atoms with van der Waals surface area (Å²) in [4.78, 5) is 48.9. The highest BCUT2D eigenvalue weighted by molar-refractivity contribution is 7.89. The van der Waals surface area contributed by atoms with Crippen LogP contribution in [0.2, 0.25) is 0 Å². The number of alkyl carbamates (subject to hydrolysis) is 1. The molecule has 2 aromatic heterocycles. The van der Waals surface area contributed by atoms with Crippen molar-refractivity contribution in [3.63, 3.8) is 0 Å². The average Bonchev–Trinajstić information content (AvgIpc) is 3.04. The van der Waals surface area contributed by atoms with Crippen LogP contribution < -0.4 is 31.0 Å². The normalized spacial score (nSPS) is 11.7. The molecule has 3 amide bonds. The van der Waals surface area contributed by atoms with Crippen molar-refractivity contribution in [3.05, 3.63) is 107 Å². The van der Waals surface area contributed by atoms with E-state index in [0.717, 1.165) is 5.56 Å². The molecular formula is C30H31N5O9S. The van der Waals surface area contributed by atoms with Gasteiger partial charge in [0.05, 0.1) is 17.7 Å². The van der Waals surface area contributed by atoms with Gasteiger partial charge in [0, 0.05) is 18.6 Å². The third-order valence-corrected chi connectivity index (χ3v) is 7.75. The number of anilines is 1.